The second kappa shape index (κ2) is 6.68. The Morgan fingerprint density at radius 1 is 1.18 bits per heavy atom. The lowest BCUT2D eigenvalue weighted by Crippen LogP contribution is -2.54. The molecule has 4 rings (SSSR count). The van der Waals surface area contributed by atoms with Gasteiger partial charge in [0.25, 0.3) is 0 Å². The molecule has 156 valence electrons. The molecule has 0 aromatic heterocycles. The van der Waals surface area contributed by atoms with Crippen LogP contribution in [0.5, 0.6) is 0 Å². The van der Waals surface area contributed by atoms with Gasteiger partial charge in [0.1, 0.15) is 11.4 Å². The topological polar surface area (TPSA) is 64.7 Å². The average Bonchev–Trinajstić information content (AvgIpc) is 2.96. The van der Waals surface area contributed by atoms with Gasteiger partial charge >= 0.3 is 0 Å². The van der Waals surface area contributed by atoms with Crippen LogP contribution in [0.1, 0.15) is 79.1 Å². The van der Waals surface area contributed by atoms with E-state index in [0.29, 0.717) is 41.4 Å². The van der Waals surface area contributed by atoms with E-state index in [4.69, 9.17) is 10.6 Å². The molecule has 4 saturated carbocycles. The third-order valence-corrected chi connectivity index (χ3v) is 9.09. The minimum atomic E-state index is -0.405. The van der Waals surface area contributed by atoms with E-state index in [0.717, 1.165) is 38.5 Å². The SMILES string of the molecule is C=C1C[C@H]2CC(=NOC(C)(C)CN)CC[C@]2(C)[C@H]2CC[C@]3(C)C(=O)CC[C@H]3[C@H]12. The maximum absolute atomic E-state index is 12.6. The number of ketones is 1. The Bertz CT molecular complexity index is 711. The van der Waals surface area contributed by atoms with E-state index in [9.17, 15) is 4.79 Å². The highest BCUT2D eigenvalue weighted by Gasteiger charge is 2.61. The molecule has 0 heterocycles. The van der Waals surface area contributed by atoms with Crippen LogP contribution in [0.3, 0.4) is 0 Å². The summed E-state index contributed by atoms with van der Waals surface area (Å²) < 4.78 is 0. The van der Waals surface area contributed by atoms with Crippen LogP contribution in [0.25, 0.3) is 0 Å². The van der Waals surface area contributed by atoms with Crippen LogP contribution in [0.15, 0.2) is 17.3 Å². The van der Waals surface area contributed by atoms with Crippen molar-refractivity contribution in [2.24, 2.45) is 45.4 Å². The Morgan fingerprint density at radius 3 is 2.64 bits per heavy atom. The van der Waals surface area contributed by atoms with Gasteiger partial charge < -0.3 is 10.6 Å². The maximum atomic E-state index is 12.6. The van der Waals surface area contributed by atoms with E-state index >= 15 is 0 Å². The second-order valence-corrected chi connectivity index (χ2v) is 11.1. The van der Waals surface area contributed by atoms with Crippen LogP contribution in [-0.2, 0) is 9.63 Å². The lowest BCUT2D eigenvalue weighted by Gasteiger charge is -2.60. The standard InChI is InChI=1S/C24H38N2O2/c1-15-12-16-13-17(26-28-22(2,3)14-25)8-10-23(16,4)19-9-11-24(5)18(21(15)19)6-7-20(24)27/h16,18-19,21H,1,6-14,25H2,2-5H3/t16-,18-,19-,21-,23-,24-/m0/s1. The van der Waals surface area contributed by atoms with Crippen molar-refractivity contribution in [3.05, 3.63) is 12.2 Å². The minimum absolute atomic E-state index is 0.0871. The summed E-state index contributed by atoms with van der Waals surface area (Å²) in [5.41, 5.74) is 8.21. The van der Waals surface area contributed by atoms with Crippen LogP contribution in [0.4, 0.5) is 0 Å². The molecule has 0 aromatic rings. The molecular weight excluding hydrogens is 348 g/mol. The molecule has 0 aliphatic heterocycles. The van der Waals surface area contributed by atoms with Gasteiger partial charge in [-0.3, -0.25) is 4.79 Å². The summed E-state index contributed by atoms with van der Waals surface area (Å²) in [6.45, 7) is 13.8. The monoisotopic (exact) mass is 386 g/mol. The van der Waals surface area contributed by atoms with Gasteiger partial charge in [-0.2, -0.15) is 0 Å². The summed E-state index contributed by atoms with van der Waals surface area (Å²) in [5.74, 6) is 2.84. The van der Waals surface area contributed by atoms with Gasteiger partial charge in [0, 0.05) is 18.4 Å². The van der Waals surface area contributed by atoms with Crippen molar-refractivity contribution in [1.82, 2.24) is 0 Å². The summed E-state index contributed by atoms with van der Waals surface area (Å²) in [6, 6.07) is 0. The summed E-state index contributed by atoms with van der Waals surface area (Å²) in [7, 11) is 0. The number of carbonyl (C=O) groups excluding carboxylic acids is 1. The summed E-state index contributed by atoms with van der Waals surface area (Å²) >= 11 is 0. The first-order chi connectivity index (χ1) is 13.1. The van der Waals surface area contributed by atoms with Crippen molar-refractivity contribution < 1.29 is 9.63 Å². The van der Waals surface area contributed by atoms with Gasteiger partial charge in [0.2, 0.25) is 0 Å². The highest BCUT2D eigenvalue weighted by atomic mass is 16.6. The molecule has 0 spiro atoms. The van der Waals surface area contributed by atoms with Crippen LogP contribution in [0.2, 0.25) is 0 Å². The van der Waals surface area contributed by atoms with Crippen LogP contribution >= 0.6 is 0 Å². The fraction of sp³-hybridized carbons (Fsp3) is 0.833. The zero-order valence-corrected chi connectivity index (χ0v) is 18.2. The maximum Gasteiger partial charge on any atom is 0.144 e. The van der Waals surface area contributed by atoms with Crippen molar-refractivity contribution >= 4 is 11.5 Å². The number of Topliss-reactive ketones (excluding diaryl/α,β-unsaturated/α-hetero) is 1. The molecular formula is C24H38N2O2. The average molecular weight is 387 g/mol. The molecule has 0 unspecified atom stereocenters. The van der Waals surface area contributed by atoms with Gasteiger partial charge in [-0.05, 0) is 87.9 Å². The molecule has 0 amide bonds. The molecule has 0 aromatic carbocycles. The van der Waals surface area contributed by atoms with Crippen LogP contribution < -0.4 is 5.73 Å². The normalized spacial score (nSPS) is 44.8. The number of hydrogen-bond acceptors (Lipinski definition) is 4. The highest BCUT2D eigenvalue weighted by Crippen LogP contribution is 2.66. The Balaban J connectivity index is 1.55. The molecule has 28 heavy (non-hydrogen) atoms. The molecule has 4 aliphatic rings. The predicted octanol–water partition coefficient (Wildman–Crippen LogP) is 4.87. The molecule has 0 radical (unpaired) electrons. The molecule has 4 fully saturated rings. The van der Waals surface area contributed by atoms with E-state index in [-0.39, 0.29) is 5.41 Å². The first kappa shape index (κ1) is 20.1. The second-order valence-electron chi connectivity index (χ2n) is 11.1. The van der Waals surface area contributed by atoms with Gasteiger partial charge in [0.15, 0.2) is 0 Å². The highest BCUT2D eigenvalue weighted by molar-refractivity contribution is 5.87. The molecule has 0 bridgehead atoms. The van der Waals surface area contributed by atoms with Crippen molar-refractivity contribution in [1.29, 1.82) is 0 Å². The van der Waals surface area contributed by atoms with Gasteiger partial charge in [-0.15, -0.1) is 0 Å². The van der Waals surface area contributed by atoms with Gasteiger partial charge in [-0.1, -0.05) is 31.2 Å². The molecule has 2 N–H and O–H groups in total. The summed E-state index contributed by atoms with van der Waals surface area (Å²) in [5, 5.41) is 4.51. The quantitative estimate of drug-likeness (QED) is 0.556. The van der Waals surface area contributed by atoms with Gasteiger partial charge in [-0.25, -0.2) is 0 Å². The molecule has 0 saturated heterocycles. The number of hydrogen-bond donors (Lipinski definition) is 1. The zero-order valence-electron chi connectivity index (χ0n) is 18.2. The van der Waals surface area contributed by atoms with Crippen molar-refractivity contribution in [2.75, 3.05) is 6.54 Å². The van der Waals surface area contributed by atoms with E-state index < -0.39 is 5.60 Å². The smallest absolute Gasteiger partial charge is 0.144 e. The summed E-state index contributed by atoms with van der Waals surface area (Å²) in [4.78, 5) is 18.4. The first-order valence-corrected chi connectivity index (χ1v) is 11.3. The Morgan fingerprint density at radius 2 is 1.93 bits per heavy atom. The van der Waals surface area contributed by atoms with Crippen molar-refractivity contribution in [2.45, 2.75) is 84.7 Å². The van der Waals surface area contributed by atoms with E-state index in [1.807, 2.05) is 13.8 Å². The van der Waals surface area contributed by atoms with E-state index in [2.05, 4.69) is 25.6 Å². The van der Waals surface area contributed by atoms with Crippen LogP contribution in [0, 0.1) is 34.5 Å². The third-order valence-electron chi connectivity index (χ3n) is 9.09. The van der Waals surface area contributed by atoms with E-state index in [1.165, 1.54) is 24.1 Å². The number of allylic oxidation sites excluding steroid dienone is 1. The zero-order chi connectivity index (χ0) is 20.3. The molecule has 4 aliphatic carbocycles. The number of nitrogens with zero attached hydrogens (tertiary/aromatic N) is 1. The predicted molar refractivity (Wildman–Crippen MR) is 113 cm³/mol. The van der Waals surface area contributed by atoms with E-state index in [1.54, 1.807) is 0 Å². The Labute approximate surface area is 170 Å². The fourth-order valence-corrected chi connectivity index (χ4v) is 7.01. The summed E-state index contributed by atoms with van der Waals surface area (Å²) in [6.07, 6.45) is 8.39. The number of oxime groups is 1. The lowest BCUT2D eigenvalue weighted by molar-refractivity contribution is -0.133. The Kier molecular flexibility index (Phi) is 4.80. The Hall–Kier alpha value is -1.16. The minimum Gasteiger partial charge on any atom is -0.389 e. The largest absolute Gasteiger partial charge is 0.389 e. The van der Waals surface area contributed by atoms with Crippen molar-refractivity contribution in [3.8, 4) is 0 Å². The number of carbonyl (C=O) groups is 1. The number of rotatable bonds is 3. The third kappa shape index (κ3) is 2.98. The van der Waals surface area contributed by atoms with Crippen LogP contribution in [-0.4, -0.2) is 23.6 Å². The number of fused-ring (bicyclic) bond motifs is 5. The first-order valence-electron chi connectivity index (χ1n) is 11.3. The van der Waals surface area contributed by atoms with Gasteiger partial charge in [0.05, 0.1) is 5.71 Å². The number of nitrogens with two attached hydrogens (primary N) is 1. The lowest BCUT2D eigenvalue weighted by atomic mass is 9.44. The fourth-order valence-electron chi connectivity index (χ4n) is 7.01. The molecule has 4 nitrogen and oxygen atoms in total. The molecule has 6 atom stereocenters. The molecule has 4 heteroatoms. The van der Waals surface area contributed by atoms with Crippen molar-refractivity contribution in [3.63, 3.8) is 0 Å².